The van der Waals surface area contributed by atoms with Gasteiger partial charge in [0.2, 0.25) is 5.91 Å². The molecule has 9 heteroatoms. The fourth-order valence-corrected chi connectivity index (χ4v) is 4.64. The van der Waals surface area contributed by atoms with E-state index in [0.29, 0.717) is 35.0 Å². The van der Waals surface area contributed by atoms with Crippen LogP contribution in [0.3, 0.4) is 0 Å². The summed E-state index contributed by atoms with van der Waals surface area (Å²) >= 11 is 0. The van der Waals surface area contributed by atoms with Crippen LogP contribution in [-0.4, -0.2) is 50.1 Å². The minimum Gasteiger partial charge on any atom is -0.497 e. The van der Waals surface area contributed by atoms with Gasteiger partial charge < -0.3 is 24.8 Å². The molecule has 0 radical (unpaired) electrons. The molecule has 1 aliphatic rings. The highest BCUT2D eigenvalue weighted by atomic mass is 16.5. The number of imide groups is 1. The molecule has 3 aromatic carbocycles. The van der Waals surface area contributed by atoms with Gasteiger partial charge in [0, 0.05) is 31.1 Å². The molecule has 0 aromatic heterocycles. The zero-order chi connectivity index (χ0) is 29.2. The average Bonchev–Trinajstić information content (AvgIpc) is 2.99. The summed E-state index contributed by atoms with van der Waals surface area (Å²) in [6.45, 7) is 1.48. The Labute approximate surface area is 239 Å². The Morgan fingerprint density at radius 2 is 1.41 bits per heavy atom. The molecule has 1 saturated heterocycles. The van der Waals surface area contributed by atoms with Gasteiger partial charge in [0.05, 0.1) is 14.2 Å². The van der Waals surface area contributed by atoms with Crippen molar-refractivity contribution in [2.24, 2.45) is 5.73 Å². The van der Waals surface area contributed by atoms with Gasteiger partial charge in [0.15, 0.2) is 0 Å². The lowest BCUT2D eigenvalue weighted by molar-refractivity contribution is -0.125. The number of ether oxygens (including phenoxy) is 3. The van der Waals surface area contributed by atoms with Gasteiger partial charge in [-0.2, -0.15) is 0 Å². The molecule has 9 nitrogen and oxygen atoms in total. The van der Waals surface area contributed by atoms with E-state index in [1.54, 1.807) is 20.3 Å². The molecule has 41 heavy (non-hydrogen) atoms. The van der Waals surface area contributed by atoms with Crippen molar-refractivity contribution in [2.45, 2.75) is 32.1 Å². The van der Waals surface area contributed by atoms with Crippen molar-refractivity contribution in [1.82, 2.24) is 10.2 Å². The number of piperidine rings is 1. The van der Waals surface area contributed by atoms with E-state index in [0.717, 1.165) is 49.0 Å². The van der Waals surface area contributed by atoms with Gasteiger partial charge in [-0.25, -0.2) is 4.79 Å². The third-order valence-electron chi connectivity index (χ3n) is 6.79. The molecular formula is C32H35N3O6. The molecule has 0 saturated carbocycles. The molecule has 4 amide bonds. The summed E-state index contributed by atoms with van der Waals surface area (Å²) in [5.74, 6) is 2.10. The predicted molar refractivity (Wildman–Crippen MR) is 157 cm³/mol. The first-order valence-electron chi connectivity index (χ1n) is 13.5. The van der Waals surface area contributed by atoms with Gasteiger partial charge in [-0.3, -0.25) is 14.9 Å². The van der Waals surface area contributed by atoms with Gasteiger partial charge in [-0.1, -0.05) is 24.3 Å². The maximum Gasteiger partial charge on any atom is 0.318 e. The van der Waals surface area contributed by atoms with E-state index in [-0.39, 0.29) is 12.3 Å². The highest BCUT2D eigenvalue weighted by Crippen LogP contribution is 2.30. The molecule has 1 heterocycles. The number of hydrogen-bond donors (Lipinski definition) is 2. The molecular weight excluding hydrogens is 522 g/mol. The van der Waals surface area contributed by atoms with Gasteiger partial charge in [-0.05, 0) is 84.8 Å². The number of carbonyl (C=O) groups is 3. The number of benzene rings is 3. The summed E-state index contributed by atoms with van der Waals surface area (Å²) in [5.41, 5.74) is 8.05. The molecule has 4 rings (SSSR count). The van der Waals surface area contributed by atoms with E-state index in [9.17, 15) is 14.4 Å². The molecule has 0 aliphatic carbocycles. The second-order valence-electron chi connectivity index (χ2n) is 9.74. The van der Waals surface area contributed by atoms with Crippen molar-refractivity contribution in [1.29, 1.82) is 0 Å². The number of hydrogen-bond acceptors (Lipinski definition) is 6. The zero-order valence-corrected chi connectivity index (χ0v) is 23.4. The summed E-state index contributed by atoms with van der Waals surface area (Å²) < 4.78 is 16.9. The van der Waals surface area contributed by atoms with E-state index < -0.39 is 11.9 Å². The Morgan fingerprint density at radius 3 is 1.98 bits per heavy atom. The van der Waals surface area contributed by atoms with Crippen molar-refractivity contribution in [3.63, 3.8) is 0 Å². The molecule has 214 valence electrons. The number of aryl methyl sites for hydroxylation is 1. The van der Waals surface area contributed by atoms with Crippen molar-refractivity contribution >= 4 is 29.5 Å². The van der Waals surface area contributed by atoms with Crippen LogP contribution in [0, 0.1) is 0 Å². The quantitative estimate of drug-likeness (QED) is 0.262. The molecule has 3 N–H and O–H groups in total. The number of amides is 4. The third-order valence-corrected chi connectivity index (χ3v) is 6.79. The topological polar surface area (TPSA) is 120 Å². The number of primary amides is 1. The number of rotatable bonds is 10. The number of nitrogens with zero attached hydrogens (tertiary/aromatic N) is 1. The van der Waals surface area contributed by atoms with E-state index >= 15 is 0 Å². The lowest BCUT2D eigenvalue weighted by Gasteiger charge is -2.28. The first-order valence-corrected chi connectivity index (χ1v) is 13.5. The highest BCUT2D eigenvalue weighted by Gasteiger charge is 2.22. The number of methoxy groups -OCH3 is 2. The van der Waals surface area contributed by atoms with Crippen LogP contribution in [0.2, 0.25) is 0 Å². The smallest absolute Gasteiger partial charge is 0.318 e. The van der Waals surface area contributed by atoms with Gasteiger partial charge in [0.25, 0.3) is 5.91 Å². The van der Waals surface area contributed by atoms with Crippen molar-refractivity contribution in [3.8, 4) is 23.0 Å². The van der Waals surface area contributed by atoms with Crippen LogP contribution in [0.25, 0.3) is 11.6 Å². The second-order valence-corrected chi connectivity index (χ2v) is 9.74. The van der Waals surface area contributed by atoms with Gasteiger partial charge in [0.1, 0.15) is 23.0 Å². The summed E-state index contributed by atoms with van der Waals surface area (Å²) in [5, 5.41) is 2.05. The molecule has 0 atom stereocenters. The lowest BCUT2D eigenvalue weighted by Crippen LogP contribution is -2.36. The van der Waals surface area contributed by atoms with E-state index in [1.807, 2.05) is 71.6 Å². The van der Waals surface area contributed by atoms with Crippen LogP contribution in [0.1, 0.15) is 42.4 Å². The summed E-state index contributed by atoms with van der Waals surface area (Å²) in [7, 11) is 3.19. The van der Waals surface area contributed by atoms with Crippen LogP contribution in [0.4, 0.5) is 4.79 Å². The normalized spacial score (nSPS) is 13.3. The summed E-state index contributed by atoms with van der Waals surface area (Å²) in [6.07, 6.45) is 5.62. The number of nitrogens with two attached hydrogens (primary N) is 1. The van der Waals surface area contributed by atoms with Crippen LogP contribution in [-0.2, 0) is 16.0 Å². The van der Waals surface area contributed by atoms with Gasteiger partial charge in [-0.15, -0.1) is 0 Å². The predicted octanol–water partition coefficient (Wildman–Crippen LogP) is 5.18. The lowest BCUT2D eigenvalue weighted by atomic mass is 9.99. The Morgan fingerprint density at radius 1 is 0.829 bits per heavy atom. The number of nitrogens with one attached hydrogen (secondary N) is 1. The summed E-state index contributed by atoms with van der Waals surface area (Å²) in [6, 6.07) is 19.5. The Kier molecular flexibility index (Phi) is 9.99. The Bertz CT molecular complexity index is 1370. The van der Waals surface area contributed by atoms with Crippen LogP contribution < -0.4 is 25.3 Å². The first-order chi connectivity index (χ1) is 19.8. The second kappa shape index (κ2) is 14.0. The molecule has 3 aromatic rings. The molecule has 1 fully saturated rings. The fraction of sp³-hybridized carbons (Fsp3) is 0.281. The molecule has 1 aliphatic heterocycles. The van der Waals surface area contributed by atoms with Crippen molar-refractivity contribution < 1.29 is 28.6 Å². The van der Waals surface area contributed by atoms with E-state index in [4.69, 9.17) is 19.9 Å². The minimum absolute atomic E-state index is 0.0137. The largest absolute Gasteiger partial charge is 0.497 e. The first kappa shape index (κ1) is 29.2. The SMILES string of the molecule is COc1cc(/C=C(\C(=O)N2CCCCC2)c2ccc(Oc3ccc(CCC(=O)NC(N)=O)cc3)cc2)cc(OC)c1. The Hall–Kier alpha value is -4.79. The van der Waals surface area contributed by atoms with Gasteiger partial charge >= 0.3 is 6.03 Å². The number of carbonyl (C=O) groups excluding carboxylic acids is 3. The average molecular weight is 558 g/mol. The molecule has 0 bridgehead atoms. The fourth-order valence-electron chi connectivity index (χ4n) is 4.64. The van der Waals surface area contributed by atoms with Crippen LogP contribution in [0.5, 0.6) is 23.0 Å². The van der Waals surface area contributed by atoms with Crippen molar-refractivity contribution in [3.05, 3.63) is 83.4 Å². The van der Waals surface area contributed by atoms with Crippen LogP contribution in [0.15, 0.2) is 66.7 Å². The van der Waals surface area contributed by atoms with Crippen molar-refractivity contribution in [2.75, 3.05) is 27.3 Å². The monoisotopic (exact) mass is 557 g/mol. The standard InChI is InChI=1S/C32H35N3O6/c1-39-27-18-23(19-28(21-27)40-2)20-29(31(37)35-16-4-3-5-17-35)24-9-13-26(14-10-24)41-25-11-6-22(7-12-25)8-15-30(36)34-32(33)38/h6-7,9-14,18-21H,3-5,8,15-17H2,1-2H3,(H3,33,34,36,38)/b29-20-. The highest BCUT2D eigenvalue weighted by molar-refractivity contribution is 6.24. The molecule has 0 unspecified atom stereocenters. The van der Waals surface area contributed by atoms with E-state index in [1.165, 1.54) is 0 Å². The minimum atomic E-state index is -0.858. The maximum absolute atomic E-state index is 13.7. The Balaban J connectivity index is 1.52. The number of likely N-dealkylation sites (tertiary alicyclic amines) is 1. The van der Waals surface area contributed by atoms with Crippen LogP contribution >= 0.6 is 0 Å². The maximum atomic E-state index is 13.7. The zero-order valence-electron chi connectivity index (χ0n) is 23.4. The number of urea groups is 1. The van der Waals surface area contributed by atoms with E-state index in [2.05, 4.69) is 5.32 Å². The summed E-state index contributed by atoms with van der Waals surface area (Å²) in [4.78, 5) is 38.0. The molecule has 0 spiro atoms. The third kappa shape index (κ3) is 8.35.